The molecule has 5 nitrogen and oxygen atoms in total. The second-order valence-corrected chi connectivity index (χ2v) is 5.46. The minimum Gasteiger partial charge on any atom is -0.462 e. The van der Waals surface area contributed by atoms with E-state index in [2.05, 4.69) is 24.1 Å². The fourth-order valence-corrected chi connectivity index (χ4v) is 1.89. The fourth-order valence-electron chi connectivity index (χ4n) is 1.89. The van der Waals surface area contributed by atoms with Gasteiger partial charge in [-0.25, -0.2) is 9.78 Å². The van der Waals surface area contributed by atoms with Crippen molar-refractivity contribution in [2.24, 2.45) is 5.41 Å². The average molecular weight is 280 g/mol. The highest BCUT2D eigenvalue weighted by molar-refractivity contribution is 5.94. The van der Waals surface area contributed by atoms with Crippen LogP contribution in [0.2, 0.25) is 0 Å². The highest BCUT2D eigenvalue weighted by atomic mass is 16.5. The Bertz CT molecular complexity index is 433. The summed E-state index contributed by atoms with van der Waals surface area (Å²) >= 11 is 0. The zero-order chi connectivity index (χ0) is 15.0. The monoisotopic (exact) mass is 280 g/mol. The molecule has 0 aliphatic carbocycles. The molecule has 0 aliphatic heterocycles. The van der Waals surface area contributed by atoms with Crippen molar-refractivity contribution in [1.82, 2.24) is 4.98 Å². The van der Waals surface area contributed by atoms with Gasteiger partial charge in [0.1, 0.15) is 11.4 Å². The van der Waals surface area contributed by atoms with Gasteiger partial charge in [0.15, 0.2) is 0 Å². The van der Waals surface area contributed by atoms with Gasteiger partial charge < -0.3 is 15.2 Å². The van der Waals surface area contributed by atoms with E-state index in [1.165, 1.54) is 0 Å². The predicted octanol–water partition coefficient (Wildman–Crippen LogP) is 2.47. The third kappa shape index (κ3) is 5.17. The van der Waals surface area contributed by atoms with Gasteiger partial charge in [0.05, 0.1) is 6.61 Å². The van der Waals surface area contributed by atoms with Gasteiger partial charge in [-0.1, -0.05) is 13.8 Å². The van der Waals surface area contributed by atoms with E-state index < -0.39 is 0 Å². The van der Waals surface area contributed by atoms with E-state index in [0.717, 1.165) is 12.8 Å². The number of pyridine rings is 1. The number of carbonyl (C=O) groups excluding carboxylic acids is 1. The summed E-state index contributed by atoms with van der Waals surface area (Å²) in [5.41, 5.74) is 0.471. The number of anilines is 1. The first-order chi connectivity index (χ1) is 9.50. The molecule has 1 aromatic rings. The van der Waals surface area contributed by atoms with E-state index in [1.54, 1.807) is 25.3 Å². The average Bonchev–Trinajstić information content (AvgIpc) is 2.44. The molecule has 0 saturated carbocycles. The van der Waals surface area contributed by atoms with Crippen LogP contribution in [0.3, 0.4) is 0 Å². The minimum atomic E-state index is -0.365. The number of carbonyl (C=O) groups is 1. The summed E-state index contributed by atoms with van der Waals surface area (Å²) in [6, 6.07) is 3.42. The molecule has 0 bridgehead atoms. The van der Waals surface area contributed by atoms with E-state index in [1.807, 2.05) is 0 Å². The zero-order valence-electron chi connectivity index (χ0n) is 12.5. The summed E-state index contributed by atoms with van der Waals surface area (Å²) in [7, 11) is 0. The lowest BCUT2D eigenvalue weighted by Crippen LogP contribution is -2.25. The molecule has 0 fully saturated rings. The quantitative estimate of drug-likeness (QED) is 0.716. The van der Waals surface area contributed by atoms with Crippen molar-refractivity contribution >= 4 is 11.8 Å². The predicted molar refractivity (Wildman–Crippen MR) is 78.8 cm³/mol. The first kappa shape index (κ1) is 16.4. The van der Waals surface area contributed by atoms with Crippen molar-refractivity contribution < 1.29 is 14.6 Å². The van der Waals surface area contributed by atoms with E-state index in [9.17, 15) is 4.79 Å². The number of aliphatic hydroxyl groups is 1. The molecule has 0 unspecified atom stereocenters. The Labute approximate surface area is 120 Å². The third-order valence-electron chi connectivity index (χ3n) is 3.05. The first-order valence-electron chi connectivity index (χ1n) is 6.97. The molecule has 0 aromatic carbocycles. The molecule has 5 heteroatoms. The van der Waals surface area contributed by atoms with Crippen LogP contribution in [0, 0.1) is 5.41 Å². The van der Waals surface area contributed by atoms with Crippen LogP contribution in [0.5, 0.6) is 0 Å². The van der Waals surface area contributed by atoms with Crippen LogP contribution in [0.25, 0.3) is 0 Å². The minimum absolute atomic E-state index is 0.0200. The van der Waals surface area contributed by atoms with Crippen molar-refractivity contribution in [2.45, 2.75) is 33.6 Å². The van der Waals surface area contributed by atoms with Crippen LogP contribution in [-0.4, -0.2) is 35.8 Å². The molecule has 20 heavy (non-hydrogen) atoms. The van der Waals surface area contributed by atoms with E-state index >= 15 is 0 Å². The van der Waals surface area contributed by atoms with Gasteiger partial charge in [-0.2, -0.15) is 0 Å². The Kier molecular flexibility index (Phi) is 6.45. The number of aliphatic hydroxyl groups excluding tert-OH is 1. The number of rotatable bonds is 8. The smallest absolute Gasteiger partial charge is 0.341 e. The van der Waals surface area contributed by atoms with Gasteiger partial charge in [0.2, 0.25) is 0 Å². The molecule has 0 spiro atoms. The molecule has 0 atom stereocenters. The maximum atomic E-state index is 11.8. The van der Waals surface area contributed by atoms with Crippen LogP contribution < -0.4 is 5.32 Å². The Morgan fingerprint density at radius 1 is 1.50 bits per heavy atom. The SMILES string of the molecule is CCOC(=O)c1cccnc1NCC(C)(C)CCCO. The van der Waals surface area contributed by atoms with Crippen molar-refractivity contribution in [1.29, 1.82) is 0 Å². The summed E-state index contributed by atoms with van der Waals surface area (Å²) in [5, 5.41) is 12.1. The summed E-state index contributed by atoms with van der Waals surface area (Å²) in [6.07, 6.45) is 3.31. The number of nitrogens with zero attached hydrogens (tertiary/aromatic N) is 1. The van der Waals surface area contributed by atoms with Crippen molar-refractivity contribution in [3.05, 3.63) is 23.9 Å². The largest absolute Gasteiger partial charge is 0.462 e. The molecule has 0 aliphatic rings. The van der Waals surface area contributed by atoms with Crippen LogP contribution in [0.1, 0.15) is 44.0 Å². The molecule has 1 aromatic heterocycles. The standard InChI is InChI=1S/C15H24N2O3/c1-4-20-14(19)12-7-5-9-16-13(12)17-11-15(2,3)8-6-10-18/h5,7,9,18H,4,6,8,10-11H2,1-3H3,(H,16,17). The Morgan fingerprint density at radius 3 is 2.90 bits per heavy atom. The van der Waals surface area contributed by atoms with Gasteiger partial charge in [-0.05, 0) is 37.3 Å². The highest BCUT2D eigenvalue weighted by Gasteiger charge is 2.19. The summed E-state index contributed by atoms with van der Waals surface area (Å²) < 4.78 is 5.01. The first-order valence-corrected chi connectivity index (χ1v) is 6.97. The Morgan fingerprint density at radius 2 is 2.25 bits per heavy atom. The molecular formula is C15H24N2O3. The number of nitrogens with one attached hydrogen (secondary N) is 1. The lowest BCUT2D eigenvalue weighted by atomic mass is 9.88. The second-order valence-electron chi connectivity index (χ2n) is 5.46. The van der Waals surface area contributed by atoms with Gasteiger partial charge in [0.25, 0.3) is 0 Å². The molecule has 112 valence electrons. The van der Waals surface area contributed by atoms with Crippen molar-refractivity contribution in [3.8, 4) is 0 Å². The Hall–Kier alpha value is -1.62. The summed E-state index contributed by atoms with van der Waals surface area (Å²) in [6.45, 7) is 7.22. The van der Waals surface area contributed by atoms with E-state index in [4.69, 9.17) is 9.84 Å². The summed E-state index contributed by atoms with van der Waals surface area (Å²) in [4.78, 5) is 16.0. The van der Waals surface area contributed by atoms with Crippen LogP contribution in [0.15, 0.2) is 18.3 Å². The number of hydrogen-bond donors (Lipinski definition) is 2. The maximum Gasteiger partial charge on any atom is 0.341 e. The van der Waals surface area contributed by atoms with Gasteiger partial charge in [-0.15, -0.1) is 0 Å². The second kappa shape index (κ2) is 7.85. The highest BCUT2D eigenvalue weighted by Crippen LogP contribution is 2.23. The summed E-state index contributed by atoms with van der Waals surface area (Å²) in [5.74, 6) is 0.180. The molecule has 2 N–H and O–H groups in total. The number of ether oxygens (including phenoxy) is 1. The van der Waals surface area contributed by atoms with Crippen molar-refractivity contribution in [3.63, 3.8) is 0 Å². The normalized spacial score (nSPS) is 11.2. The molecule has 1 heterocycles. The Balaban J connectivity index is 2.70. The van der Waals surface area contributed by atoms with Gasteiger partial charge >= 0.3 is 5.97 Å². The lowest BCUT2D eigenvalue weighted by Gasteiger charge is -2.25. The van der Waals surface area contributed by atoms with Gasteiger partial charge in [-0.3, -0.25) is 0 Å². The topological polar surface area (TPSA) is 71.5 Å². The zero-order valence-corrected chi connectivity index (χ0v) is 12.5. The number of hydrogen-bond acceptors (Lipinski definition) is 5. The van der Waals surface area contributed by atoms with Crippen molar-refractivity contribution in [2.75, 3.05) is 25.1 Å². The molecule has 1 rings (SSSR count). The van der Waals surface area contributed by atoms with Crippen LogP contribution >= 0.6 is 0 Å². The van der Waals surface area contributed by atoms with E-state index in [0.29, 0.717) is 24.5 Å². The van der Waals surface area contributed by atoms with E-state index in [-0.39, 0.29) is 18.0 Å². The molecule has 0 amide bonds. The fraction of sp³-hybridized carbons (Fsp3) is 0.600. The number of esters is 1. The number of aromatic nitrogens is 1. The van der Waals surface area contributed by atoms with Crippen LogP contribution in [0.4, 0.5) is 5.82 Å². The molecule has 0 radical (unpaired) electrons. The molecule has 0 saturated heterocycles. The maximum absolute atomic E-state index is 11.8. The lowest BCUT2D eigenvalue weighted by molar-refractivity contribution is 0.0527. The van der Waals surface area contributed by atoms with Crippen LogP contribution in [-0.2, 0) is 4.74 Å². The third-order valence-corrected chi connectivity index (χ3v) is 3.05. The molecular weight excluding hydrogens is 256 g/mol. The van der Waals surface area contributed by atoms with Gasteiger partial charge in [0, 0.05) is 19.3 Å².